The highest BCUT2D eigenvalue weighted by Gasteiger charge is 2.14. The van der Waals surface area contributed by atoms with Crippen LogP contribution in [0.4, 0.5) is 4.39 Å². The number of carbonyl (C=O) groups is 1. The van der Waals surface area contributed by atoms with Crippen LogP contribution in [0.3, 0.4) is 0 Å². The van der Waals surface area contributed by atoms with Crippen molar-refractivity contribution in [3.63, 3.8) is 0 Å². The number of nitrogens with zero attached hydrogens (tertiary/aromatic N) is 1. The van der Waals surface area contributed by atoms with Gasteiger partial charge in [0.15, 0.2) is 12.1 Å². The molecule has 5 heteroatoms. The fourth-order valence-corrected chi connectivity index (χ4v) is 1.80. The van der Waals surface area contributed by atoms with Crippen LogP contribution >= 0.6 is 23.2 Å². The molecule has 0 saturated heterocycles. The number of pyridine rings is 1. The topological polar surface area (TPSA) is 30.0 Å². The van der Waals surface area contributed by atoms with Crippen molar-refractivity contribution in [3.05, 3.63) is 51.9 Å². The van der Waals surface area contributed by atoms with Gasteiger partial charge in [-0.1, -0.05) is 23.2 Å². The maximum atomic E-state index is 13.9. The summed E-state index contributed by atoms with van der Waals surface area (Å²) in [6.07, 6.45) is 1.78. The third-order valence-corrected chi connectivity index (χ3v) is 2.79. The Kier molecular flexibility index (Phi) is 3.41. The van der Waals surface area contributed by atoms with Crippen LogP contribution in [0.1, 0.15) is 10.4 Å². The molecular weight excluding hydrogens is 264 g/mol. The molecule has 0 aliphatic heterocycles. The standard InChI is InChI=1S/C12H6Cl2FNO/c13-8-1-2-10(14)9(5-8)12-11(15)7(6-17)3-4-16-12/h1-6H. The molecule has 1 aromatic heterocycles. The lowest BCUT2D eigenvalue weighted by atomic mass is 10.1. The SMILES string of the molecule is O=Cc1ccnc(-c2cc(Cl)ccc2Cl)c1F. The van der Waals surface area contributed by atoms with Crippen molar-refractivity contribution in [3.8, 4) is 11.3 Å². The predicted octanol–water partition coefficient (Wildman–Crippen LogP) is 4.01. The molecule has 0 unspecified atom stereocenters. The Balaban J connectivity index is 2.68. The van der Waals surface area contributed by atoms with Gasteiger partial charge in [-0.05, 0) is 24.3 Å². The molecule has 2 nitrogen and oxygen atoms in total. The van der Waals surface area contributed by atoms with Crippen molar-refractivity contribution < 1.29 is 9.18 Å². The van der Waals surface area contributed by atoms with E-state index >= 15 is 0 Å². The van der Waals surface area contributed by atoms with E-state index in [1.807, 2.05) is 0 Å². The van der Waals surface area contributed by atoms with Crippen LogP contribution in [-0.2, 0) is 0 Å². The number of rotatable bonds is 2. The van der Waals surface area contributed by atoms with Gasteiger partial charge in [-0.15, -0.1) is 0 Å². The summed E-state index contributed by atoms with van der Waals surface area (Å²) in [6, 6.07) is 5.94. The van der Waals surface area contributed by atoms with Crippen LogP contribution in [0.15, 0.2) is 30.5 Å². The van der Waals surface area contributed by atoms with E-state index in [1.165, 1.54) is 18.3 Å². The highest BCUT2D eigenvalue weighted by molar-refractivity contribution is 6.35. The minimum Gasteiger partial charge on any atom is -0.298 e. The van der Waals surface area contributed by atoms with Gasteiger partial charge in [0.05, 0.1) is 10.6 Å². The summed E-state index contributed by atoms with van der Waals surface area (Å²) in [5.74, 6) is -0.702. The Morgan fingerprint density at radius 2 is 2.00 bits per heavy atom. The minimum absolute atomic E-state index is 0.0158. The molecule has 2 rings (SSSR count). The lowest BCUT2D eigenvalue weighted by Gasteiger charge is -2.06. The highest BCUT2D eigenvalue weighted by atomic mass is 35.5. The normalized spacial score (nSPS) is 10.3. The Morgan fingerprint density at radius 1 is 1.24 bits per heavy atom. The van der Waals surface area contributed by atoms with E-state index in [9.17, 15) is 9.18 Å². The summed E-state index contributed by atoms with van der Waals surface area (Å²) in [4.78, 5) is 14.5. The molecule has 0 saturated carbocycles. The number of hydrogen-bond donors (Lipinski definition) is 0. The van der Waals surface area contributed by atoms with Crippen molar-refractivity contribution in [1.29, 1.82) is 0 Å². The van der Waals surface area contributed by atoms with Crippen molar-refractivity contribution in [2.24, 2.45) is 0 Å². The van der Waals surface area contributed by atoms with Gasteiger partial charge in [-0.2, -0.15) is 0 Å². The predicted molar refractivity (Wildman–Crippen MR) is 65.0 cm³/mol. The van der Waals surface area contributed by atoms with Crippen molar-refractivity contribution in [1.82, 2.24) is 4.98 Å². The van der Waals surface area contributed by atoms with E-state index in [-0.39, 0.29) is 11.3 Å². The van der Waals surface area contributed by atoms with Gasteiger partial charge >= 0.3 is 0 Å². The fourth-order valence-electron chi connectivity index (χ4n) is 1.42. The zero-order chi connectivity index (χ0) is 12.4. The molecule has 0 aliphatic rings. The number of carbonyl (C=O) groups excluding carboxylic acids is 1. The third-order valence-electron chi connectivity index (χ3n) is 2.23. The van der Waals surface area contributed by atoms with E-state index in [0.717, 1.165) is 0 Å². The number of hydrogen-bond acceptors (Lipinski definition) is 2. The first-order valence-electron chi connectivity index (χ1n) is 4.68. The Hall–Kier alpha value is -1.45. The molecule has 0 bridgehead atoms. The van der Waals surface area contributed by atoms with Crippen LogP contribution in [0.2, 0.25) is 10.0 Å². The van der Waals surface area contributed by atoms with Crippen LogP contribution in [-0.4, -0.2) is 11.3 Å². The lowest BCUT2D eigenvalue weighted by molar-refractivity contribution is 0.111. The second-order valence-corrected chi connectivity index (χ2v) is 4.15. The van der Waals surface area contributed by atoms with Gasteiger partial charge in [0.1, 0.15) is 5.69 Å². The van der Waals surface area contributed by atoms with Crippen LogP contribution in [0, 0.1) is 5.82 Å². The molecule has 0 atom stereocenters. The zero-order valence-corrected chi connectivity index (χ0v) is 9.97. The molecule has 86 valence electrons. The number of aromatic nitrogens is 1. The third kappa shape index (κ3) is 2.30. The van der Waals surface area contributed by atoms with Gasteiger partial charge in [0, 0.05) is 16.8 Å². The second-order valence-electron chi connectivity index (χ2n) is 3.30. The molecule has 0 fully saturated rings. The summed E-state index contributed by atoms with van der Waals surface area (Å²) in [7, 11) is 0. The summed E-state index contributed by atoms with van der Waals surface area (Å²) in [6.45, 7) is 0. The monoisotopic (exact) mass is 269 g/mol. The lowest BCUT2D eigenvalue weighted by Crippen LogP contribution is -1.95. The summed E-state index contributed by atoms with van der Waals surface area (Å²) in [5, 5.41) is 0.742. The van der Waals surface area contributed by atoms with E-state index in [0.29, 0.717) is 21.9 Å². The average molecular weight is 270 g/mol. The summed E-state index contributed by atoms with van der Waals surface area (Å²) < 4.78 is 13.9. The summed E-state index contributed by atoms with van der Waals surface area (Å²) in [5.41, 5.74) is 0.313. The van der Waals surface area contributed by atoms with E-state index < -0.39 is 5.82 Å². The van der Waals surface area contributed by atoms with Crippen molar-refractivity contribution >= 4 is 29.5 Å². The second kappa shape index (κ2) is 4.82. The van der Waals surface area contributed by atoms with Crippen LogP contribution in [0.25, 0.3) is 11.3 Å². The van der Waals surface area contributed by atoms with E-state index in [4.69, 9.17) is 23.2 Å². The highest BCUT2D eigenvalue weighted by Crippen LogP contribution is 2.31. The molecule has 1 aromatic carbocycles. The smallest absolute Gasteiger partial charge is 0.160 e. The number of halogens is 3. The summed E-state index contributed by atoms with van der Waals surface area (Å²) >= 11 is 11.8. The molecule has 0 aliphatic carbocycles. The zero-order valence-electron chi connectivity index (χ0n) is 8.45. The molecule has 17 heavy (non-hydrogen) atoms. The van der Waals surface area contributed by atoms with Crippen molar-refractivity contribution in [2.45, 2.75) is 0 Å². The first-order chi connectivity index (χ1) is 8.13. The molecule has 0 spiro atoms. The molecule has 0 amide bonds. The van der Waals surface area contributed by atoms with Gasteiger partial charge in [0.2, 0.25) is 0 Å². The van der Waals surface area contributed by atoms with E-state index in [2.05, 4.69) is 4.98 Å². The molecule has 1 heterocycles. The largest absolute Gasteiger partial charge is 0.298 e. The van der Waals surface area contributed by atoms with Gasteiger partial charge < -0.3 is 0 Å². The Labute approximate surface area is 107 Å². The molecule has 0 N–H and O–H groups in total. The maximum Gasteiger partial charge on any atom is 0.160 e. The van der Waals surface area contributed by atoms with Crippen molar-refractivity contribution in [2.75, 3.05) is 0 Å². The van der Waals surface area contributed by atoms with E-state index in [1.54, 1.807) is 12.1 Å². The van der Waals surface area contributed by atoms with Crippen LogP contribution in [0.5, 0.6) is 0 Å². The average Bonchev–Trinajstić information content (AvgIpc) is 2.33. The first kappa shape index (κ1) is 12.0. The molecule has 0 radical (unpaired) electrons. The Morgan fingerprint density at radius 3 is 2.71 bits per heavy atom. The van der Waals surface area contributed by atoms with Crippen LogP contribution < -0.4 is 0 Å². The maximum absolute atomic E-state index is 13.9. The number of aldehydes is 1. The fraction of sp³-hybridized carbons (Fsp3) is 0. The van der Waals surface area contributed by atoms with Gasteiger partial charge in [-0.25, -0.2) is 4.39 Å². The van der Waals surface area contributed by atoms with Gasteiger partial charge in [0.25, 0.3) is 0 Å². The molecule has 2 aromatic rings. The number of benzene rings is 1. The first-order valence-corrected chi connectivity index (χ1v) is 5.44. The quantitative estimate of drug-likeness (QED) is 0.772. The van der Waals surface area contributed by atoms with Gasteiger partial charge in [-0.3, -0.25) is 9.78 Å². The Bertz CT molecular complexity index is 587. The minimum atomic E-state index is -0.702. The molecular formula is C12H6Cl2FNO.